The van der Waals surface area contributed by atoms with Crippen LogP contribution in [0.4, 0.5) is 5.00 Å². The molecule has 0 unspecified atom stereocenters. The van der Waals surface area contributed by atoms with Crippen molar-refractivity contribution in [2.45, 2.75) is 33.1 Å². The van der Waals surface area contributed by atoms with Gasteiger partial charge in [-0.15, -0.1) is 11.3 Å². The minimum Gasteiger partial charge on any atom is -0.462 e. The van der Waals surface area contributed by atoms with Crippen molar-refractivity contribution in [1.82, 2.24) is 0 Å². The fourth-order valence-corrected chi connectivity index (χ4v) is 3.57. The van der Waals surface area contributed by atoms with E-state index < -0.39 is 17.8 Å². The number of ketones is 1. The lowest BCUT2D eigenvalue weighted by molar-refractivity contribution is -0.152. The van der Waals surface area contributed by atoms with Crippen molar-refractivity contribution in [3.05, 3.63) is 16.0 Å². The first-order chi connectivity index (χ1) is 11.0. The summed E-state index contributed by atoms with van der Waals surface area (Å²) in [5.74, 6) is -2.47. The molecule has 0 radical (unpaired) electrons. The molecule has 0 spiro atoms. The lowest BCUT2D eigenvalue weighted by Crippen LogP contribution is -2.25. The van der Waals surface area contributed by atoms with E-state index in [0.29, 0.717) is 18.4 Å². The Kier molecular flexibility index (Phi) is 5.49. The Morgan fingerprint density at radius 2 is 1.83 bits per heavy atom. The van der Waals surface area contributed by atoms with E-state index in [4.69, 9.17) is 4.74 Å². The summed E-state index contributed by atoms with van der Waals surface area (Å²) in [6.07, 6.45) is 0.997. The van der Waals surface area contributed by atoms with Gasteiger partial charge in [0.25, 0.3) is 0 Å². The number of rotatable bonds is 4. The minimum atomic E-state index is -1.02. The van der Waals surface area contributed by atoms with Crippen LogP contribution in [0.25, 0.3) is 0 Å². The molecule has 0 atom stereocenters. The highest BCUT2D eigenvalue weighted by Gasteiger charge is 2.30. The van der Waals surface area contributed by atoms with Crippen LogP contribution in [-0.4, -0.2) is 36.8 Å². The van der Waals surface area contributed by atoms with Crippen LogP contribution >= 0.6 is 11.3 Å². The highest BCUT2D eigenvalue weighted by atomic mass is 32.1. The first kappa shape index (κ1) is 17.1. The predicted octanol–water partition coefficient (Wildman–Crippen LogP) is 1.48. The van der Waals surface area contributed by atoms with Crippen LogP contribution in [0.3, 0.4) is 0 Å². The van der Waals surface area contributed by atoms with E-state index in [-0.39, 0.29) is 36.0 Å². The monoisotopic (exact) mass is 339 g/mol. The summed E-state index contributed by atoms with van der Waals surface area (Å²) < 4.78 is 9.65. The van der Waals surface area contributed by atoms with Gasteiger partial charge in [0.15, 0.2) is 0 Å². The molecule has 1 N–H and O–H groups in total. The van der Waals surface area contributed by atoms with Crippen LogP contribution in [0, 0.1) is 0 Å². The lowest BCUT2D eigenvalue weighted by Gasteiger charge is -2.11. The Morgan fingerprint density at radius 1 is 1.13 bits per heavy atom. The van der Waals surface area contributed by atoms with E-state index in [9.17, 15) is 19.2 Å². The Labute approximate surface area is 137 Å². The number of ether oxygens (including phenoxy) is 2. The van der Waals surface area contributed by atoms with E-state index in [0.717, 1.165) is 16.2 Å². The van der Waals surface area contributed by atoms with Crippen molar-refractivity contribution < 1.29 is 28.7 Å². The van der Waals surface area contributed by atoms with Gasteiger partial charge in [0, 0.05) is 17.7 Å². The number of hydrogen-bond acceptors (Lipinski definition) is 7. The van der Waals surface area contributed by atoms with Crippen LogP contribution in [0.2, 0.25) is 0 Å². The number of Topliss-reactive ketones (excluding diaryl/α,β-unsaturated/α-hetero) is 1. The molecule has 1 heterocycles. The first-order valence-corrected chi connectivity index (χ1v) is 8.11. The van der Waals surface area contributed by atoms with Crippen molar-refractivity contribution >= 4 is 40.0 Å². The summed E-state index contributed by atoms with van der Waals surface area (Å²) >= 11 is 1.12. The van der Waals surface area contributed by atoms with Crippen molar-refractivity contribution in [2.75, 3.05) is 18.5 Å². The molecular formula is C15H17NO6S. The zero-order chi connectivity index (χ0) is 17.0. The van der Waals surface area contributed by atoms with Gasteiger partial charge >= 0.3 is 17.8 Å². The van der Waals surface area contributed by atoms with Gasteiger partial charge in [-0.3, -0.25) is 9.59 Å². The summed E-state index contributed by atoms with van der Waals surface area (Å²) in [4.78, 5) is 47.8. The standard InChI is InChI=1S/C15H17NO6S/c1-3-21-14(19)11-9-6-5-8(17)7-10(9)23-13(11)16-12(18)15(20)22-4-2/h3-7H2,1-2H3,(H,16,18). The molecule has 1 aromatic heterocycles. The maximum atomic E-state index is 12.2. The van der Waals surface area contributed by atoms with Crippen LogP contribution in [0.1, 0.15) is 41.1 Å². The molecule has 0 fully saturated rings. The summed E-state index contributed by atoms with van der Waals surface area (Å²) in [6, 6.07) is 0. The maximum Gasteiger partial charge on any atom is 0.397 e. The van der Waals surface area contributed by atoms with Gasteiger partial charge in [-0.25, -0.2) is 9.59 Å². The molecule has 0 saturated heterocycles. The average molecular weight is 339 g/mol. The number of anilines is 1. The smallest absolute Gasteiger partial charge is 0.397 e. The molecule has 1 aromatic rings. The van der Waals surface area contributed by atoms with Crippen molar-refractivity contribution in [3.63, 3.8) is 0 Å². The number of thiophene rings is 1. The number of hydrogen-bond donors (Lipinski definition) is 1. The third-order valence-electron chi connectivity index (χ3n) is 3.27. The van der Waals surface area contributed by atoms with Gasteiger partial charge in [0.05, 0.1) is 18.8 Å². The number of esters is 2. The van der Waals surface area contributed by atoms with E-state index >= 15 is 0 Å². The van der Waals surface area contributed by atoms with Crippen LogP contribution in [-0.2, 0) is 36.7 Å². The normalized spacial score (nSPS) is 13.2. The molecule has 1 aliphatic rings. The fourth-order valence-electron chi connectivity index (χ4n) is 2.31. The number of nitrogens with one attached hydrogen (secondary N) is 1. The van der Waals surface area contributed by atoms with Gasteiger partial charge in [0.1, 0.15) is 10.8 Å². The number of amides is 1. The quantitative estimate of drug-likeness (QED) is 0.659. The lowest BCUT2D eigenvalue weighted by atomic mass is 9.94. The third-order valence-corrected chi connectivity index (χ3v) is 4.42. The number of carbonyl (C=O) groups excluding carboxylic acids is 4. The molecule has 7 nitrogen and oxygen atoms in total. The molecule has 0 aliphatic heterocycles. The molecule has 0 saturated carbocycles. The van der Waals surface area contributed by atoms with Crippen molar-refractivity contribution in [1.29, 1.82) is 0 Å². The van der Waals surface area contributed by atoms with Gasteiger partial charge in [-0.1, -0.05) is 0 Å². The molecule has 0 aromatic carbocycles. The largest absolute Gasteiger partial charge is 0.462 e. The Bertz CT molecular complexity index is 663. The van der Waals surface area contributed by atoms with Gasteiger partial charge in [-0.2, -0.15) is 0 Å². The zero-order valence-corrected chi connectivity index (χ0v) is 13.7. The highest BCUT2D eigenvalue weighted by molar-refractivity contribution is 7.17. The van der Waals surface area contributed by atoms with Gasteiger partial charge < -0.3 is 14.8 Å². The van der Waals surface area contributed by atoms with Crippen LogP contribution < -0.4 is 5.32 Å². The Balaban J connectivity index is 2.34. The van der Waals surface area contributed by atoms with Crippen LogP contribution in [0.5, 0.6) is 0 Å². The van der Waals surface area contributed by atoms with Crippen molar-refractivity contribution in [3.8, 4) is 0 Å². The second-order valence-electron chi connectivity index (χ2n) is 4.82. The van der Waals surface area contributed by atoms with Gasteiger partial charge in [-0.05, 0) is 25.8 Å². The summed E-state index contributed by atoms with van der Waals surface area (Å²) in [6.45, 7) is 3.53. The molecule has 0 bridgehead atoms. The highest BCUT2D eigenvalue weighted by Crippen LogP contribution is 2.37. The second kappa shape index (κ2) is 7.36. The molecule has 1 amide bonds. The molecule has 124 valence electrons. The van der Waals surface area contributed by atoms with E-state index in [2.05, 4.69) is 10.1 Å². The second-order valence-corrected chi connectivity index (χ2v) is 5.92. The third kappa shape index (κ3) is 3.76. The fraction of sp³-hybridized carbons (Fsp3) is 0.467. The van der Waals surface area contributed by atoms with Crippen LogP contribution in [0.15, 0.2) is 0 Å². The molecular weight excluding hydrogens is 322 g/mol. The SMILES string of the molecule is CCOC(=O)C(=O)Nc1sc2c(c1C(=O)OCC)CCC(=O)C2. The first-order valence-electron chi connectivity index (χ1n) is 7.29. The number of fused-ring (bicyclic) bond motifs is 1. The maximum absolute atomic E-state index is 12.2. The molecule has 23 heavy (non-hydrogen) atoms. The zero-order valence-electron chi connectivity index (χ0n) is 12.9. The summed E-state index contributed by atoms with van der Waals surface area (Å²) in [5.41, 5.74) is 0.948. The topological polar surface area (TPSA) is 98.8 Å². The molecule has 8 heteroatoms. The minimum absolute atomic E-state index is 0.0758. The molecule has 1 aliphatic carbocycles. The van der Waals surface area contributed by atoms with Crippen molar-refractivity contribution in [2.24, 2.45) is 0 Å². The van der Waals surface area contributed by atoms with E-state index in [1.165, 1.54) is 0 Å². The molecule has 2 rings (SSSR count). The Morgan fingerprint density at radius 3 is 2.48 bits per heavy atom. The Hall–Kier alpha value is -2.22. The van der Waals surface area contributed by atoms with E-state index in [1.54, 1.807) is 13.8 Å². The summed E-state index contributed by atoms with van der Waals surface area (Å²) in [5, 5.41) is 2.62. The summed E-state index contributed by atoms with van der Waals surface area (Å²) in [7, 11) is 0. The predicted molar refractivity (Wildman–Crippen MR) is 82.6 cm³/mol. The number of carbonyl (C=O) groups is 4. The van der Waals surface area contributed by atoms with E-state index in [1.807, 2.05) is 0 Å². The average Bonchev–Trinajstić information content (AvgIpc) is 2.84. The van der Waals surface area contributed by atoms with Gasteiger partial charge in [0.2, 0.25) is 0 Å².